The second kappa shape index (κ2) is 11.3. The third-order valence-corrected chi connectivity index (χ3v) is 4.59. The highest BCUT2D eigenvalue weighted by Gasteiger charge is 2.18. The number of amidine groups is 1. The Hall–Kier alpha value is -5.61. The van der Waals surface area contributed by atoms with Crippen LogP contribution >= 0.6 is 0 Å². The summed E-state index contributed by atoms with van der Waals surface area (Å²) >= 11 is 0. The highest BCUT2D eigenvalue weighted by molar-refractivity contribution is 6.25. The third kappa shape index (κ3) is 5.80. The molecular formula is C25H16N6O4. The number of anilines is 1. The molecule has 3 aromatic carbocycles. The number of nitrogens with one attached hydrogen (secondary N) is 1. The Morgan fingerprint density at radius 3 is 1.97 bits per heavy atom. The molecule has 170 valence electrons. The zero-order valence-electron chi connectivity index (χ0n) is 18.0. The van der Waals surface area contributed by atoms with Crippen LogP contribution in [0.2, 0.25) is 0 Å². The van der Waals surface area contributed by atoms with E-state index >= 15 is 0 Å². The van der Waals surface area contributed by atoms with Crippen molar-refractivity contribution in [1.82, 2.24) is 0 Å². The lowest BCUT2D eigenvalue weighted by molar-refractivity contribution is 0.0687. The summed E-state index contributed by atoms with van der Waals surface area (Å²) in [5.41, 5.74) is 2.67. The fourth-order valence-corrected chi connectivity index (χ4v) is 2.98. The van der Waals surface area contributed by atoms with Gasteiger partial charge in [-0.2, -0.15) is 15.6 Å². The van der Waals surface area contributed by atoms with E-state index in [0.717, 1.165) is 0 Å². The molecule has 0 unspecified atom stereocenters. The molecule has 0 saturated carbocycles. The number of carboxylic acids is 2. The molecule has 0 aliphatic carbocycles. The Balaban J connectivity index is 2.21. The lowest BCUT2D eigenvalue weighted by atomic mass is 10.00. The lowest BCUT2D eigenvalue weighted by Gasteiger charge is -2.10. The number of nitrogens with zero attached hydrogens (tertiary/aromatic N) is 5. The molecule has 0 saturated heterocycles. The number of hydrogen-bond donors (Lipinski definition) is 3. The number of hydrogen-bond acceptors (Lipinski definition) is 7. The van der Waals surface area contributed by atoms with Gasteiger partial charge in [-0.05, 0) is 29.8 Å². The van der Waals surface area contributed by atoms with Crippen molar-refractivity contribution in [3.05, 3.63) is 101 Å². The van der Waals surface area contributed by atoms with Crippen molar-refractivity contribution >= 4 is 34.7 Å². The highest BCUT2D eigenvalue weighted by Crippen LogP contribution is 2.25. The normalized spacial score (nSPS) is 10.7. The van der Waals surface area contributed by atoms with Crippen LogP contribution in [0.1, 0.15) is 26.3 Å². The number of para-hydroxylation sites is 1. The van der Waals surface area contributed by atoms with Crippen LogP contribution in [0.15, 0.2) is 99.8 Å². The van der Waals surface area contributed by atoms with Gasteiger partial charge in [0.1, 0.15) is 23.4 Å². The molecule has 0 aromatic heterocycles. The van der Waals surface area contributed by atoms with Crippen molar-refractivity contribution in [3.8, 4) is 12.1 Å². The van der Waals surface area contributed by atoms with Gasteiger partial charge in [0.2, 0.25) is 5.84 Å². The summed E-state index contributed by atoms with van der Waals surface area (Å²) in [7, 11) is 0. The van der Waals surface area contributed by atoms with Gasteiger partial charge in [-0.3, -0.25) is 5.43 Å². The number of rotatable bonds is 7. The van der Waals surface area contributed by atoms with Gasteiger partial charge < -0.3 is 10.2 Å². The Bertz CT molecular complexity index is 1430. The van der Waals surface area contributed by atoms with Crippen LogP contribution < -0.4 is 5.43 Å². The number of benzene rings is 3. The number of aromatic carboxylic acids is 2. The minimum atomic E-state index is -1.22. The summed E-state index contributed by atoms with van der Waals surface area (Å²) in [6.45, 7) is 0. The fourth-order valence-electron chi connectivity index (χ4n) is 2.98. The minimum Gasteiger partial charge on any atom is -0.478 e. The van der Waals surface area contributed by atoms with Gasteiger partial charge in [0.05, 0.1) is 22.4 Å². The van der Waals surface area contributed by atoms with Gasteiger partial charge in [0, 0.05) is 0 Å². The van der Waals surface area contributed by atoms with Crippen LogP contribution in [-0.2, 0) is 0 Å². The average molecular weight is 464 g/mol. The monoisotopic (exact) mass is 464 g/mol. The first-order valence-electron chi connectivity index (χ1n) is 9.96. The van der Waals surface area contributed by atoms with Crippen LogP contribution in [0.5, 0.6) is 0 Å². The first-order valence-corrected chi connectivity index (χ1v) is 9.96. The summed E-state index contributed by atoms with van der Waals surface area (Å²) in [4.78, 5) is 23.1. The number of hydrazone groups is 1. The van der Waals surface area contributed by atoms with E-state index in [1.54, 1.807) is 60.7 Å². The predicted molar refractivity (Wildman–Crippen MR) is 127 cm³/mol. The molecule has 35 heavy (non-hydrogen) atoms. The zero-order chi connectivity index (χ0) is 25.2. The molecule has 0 fully saturated rings. The smallest absolute Gasteiger partial charge is 0.337 e. The van der Waals surface area contributed by atoms with E-state index in [9.17, 15) is 30.3 Å². The molecule has 3 aromatic rings. The number of azo groups is 1. The van der Waals surface area contributed by atoms with E-state index in [4.69, 9.17) is 0 Å². The molecule has 0 amide bonds. The summed E-state index contributed by atoms with van der Waals surface area (Å²) in [6.07, 6.45) is 0. The van der Waals surface area contributed by atoms with Crippen molar-refractivity contribution in [2.45, 2.75) is 0 Å². The van der Waals surface area contributed by atoms with Gasteiger partial charge in [0.25, 0.3) is 0 Å². The summed E-state index contributed by atoms with van der Waals surface area (Å²) in [5.74, 6) is -2.66. The number of carboxylic acid groups (broad SMARTS) is 2. The van der Waals surface area contributed by atoms with E-state index < -0.39 is 11.9 Å². The van der Waals surface area contributed by atoms with E-state index in [-0.39, 0.29) is 39.5 Å². The van der Waals surface area contributed by atoms with Gasteiger partial charge in [-0.25, -0.2) is 9.59 Å². The second-order valence-corrected chi connectivity index (χ2v) is 6.76. The Kier molecular flexibility index (Phi) is 7.77. The number of carbonyl (C=O) groups is 2. The molecule has 10 heteroatoms. The van der Waals surface area contributed by atoms with Gasteiger partial charge >= 0.3 is 11.9 Å². The van der Waals surface area contributed by atoms with Crippen LogP contribution in [0.25, 0.3) is 5.57 Å². The molecule has 10 nitrogen and oxygen atoms in total. The third-order valence-electron chi connectivity index (χ3n) is 4.59. The molecule has 0 spiro atoms. The fraction of sp³-hybridized carbons (Fsp3) is 0. The molecule has 0 aliphatic heterocycles. The van der Waals surface area contributed by atoms with Crippen LogP contribution in [0.4, 0.5) is 11.4 Å². The van der Waals surface area contributed by atoms with Crippen LogP contribution in [-0.4, -0.2) is 28.0 Å². The van der Waals surface area contributed by atoms with Crippen LogP contribution in [0, 0.1) is 22.7 Å². The molecule has 0 aliphatic rings. The van der Waals surface area contributed by atoms with Crippen molar-refractivity contribution in [2.75, 3.05) is 5.43 Å². The van der Waals surface area contributed by atoms with Crippen LogP contribution in [0.3, 0.4) is 0 Å². The second-order valence-electron chi connectivity index (χ2n) is 6.76. The van der Waals surface area contributed by atoms with E-state index in [0.29, 0.717) is 5.56 Å². The summed E-state index contributed by atoms with van der Waals surface area (Å²) in [5, 5.41) is 50.2. The standard InChI is InChI=1S/C25H16N6O4/c26-14-17(15-27)22(16-8-2-1-3-9-16)23(30-28-20-12-6-4-10-18(20)24(32)33)31-29-21-13-7-5-11-19(21)25(34)35/h1-13,28H,(H,32,33)(H,34,35)/b30-23+,31-29?. The average Bonchev–Trinajstić information content (AvgIpc) is 2.88. The zero-order valence-corrected chi connectivity index (χ0v) is 18.0. The van der Waals surface area contributed by atoms with E-state index in [2.05, 4.69) is 20.8 Å². The highest BCUT2D eigenvalue weighted by atomic mass is 16.4. The molecule has 0 atom stereocenters. The molecule has 3 rings (SSSR count). The SMILES string of the molecule is N#CC(C#N)=C(/C(N=Nc1ccccc1C(=O)O)=N\Nc1ccccc1C(=O)O)c1ccccc1. The molecule has 3 N–H and O–H groups in total. The van der Waals surface area contributed by atoms with Crippen molar-refractivity contribution in [3.63, 3.8) is 0 Å². The largest absolute Gasteiger partial charge is 0.478 e. The van der Waals surface area contributed by atoms with E-state index in [1.165, 1.54) is 30.3 Å². The Labute approximate surface area is 199 Å². The Morgan fingerprint density at radius 1 is 0.771 bits per heavy atom. The predicted octanol–water partition coefficient (Wildman–Crippen LogP) is 5.09. The van der Waals surface area contributed by atoms with Crippen molar-refractivity contribution in [1.29, 1.82) is 10.5 Å². The van der Waals surface area contributed by atoms with E-state index in [1.807, 2.05) is 0 Å². The van der Waals surface area contributed by atoms with Gasteiger partial charge in [-0.1, -0.05) is 54.6 Å². The van der Waals surface area contributed by atoms with Gasteiger partial charge in [-0.15, -0.1) is 10.2 Å². The number of nitriles is 2. The topological polar surface area (TPSA) is 171 Å². The van der Waals surface area contributed by atoms with Crippen molar-refractivity contribution < 1.29 is 19.8 Å². The molecular weight excluding hydrogens is 448 g/mol. The first kappa shape index (κ1) is 24.0. The number of allylic oxidation sites excluding steroid dienone is 1. The summed E-state index contributed by atoms with van der Waals surface area (Å²) in [6, 6.07) is 23.8. The minimum absolute atomic E-state index is 0.0153. The first-order chi connectivity index (χ1) is 17.0. The Morgan fingerprint density at radius 2 is 1.34 bits per heavy atom. The maximum absolute atomic E-state index is 11.6. The summed E-state index contributed by atoms with van der Waals surface area (Å²) < 4.78 is 0. The van der Waals surface area contributed by atoms with Gasteiger partial charge in [0.15, 0.2) is 0 Å². The quantitative estimate of drug-likeness (QED) is 0.144. The molecule has 0 heterocycles. The van der Waals surface area contributed by atoms with Crippen molar-refractivity contribution in [2.24, 2.45) is 15.3 Å². The molecule has 0 bridgehead atoms. The maximum atomic E-state index is 11.6. The molecule has 0 radical (unpaired) electrons. The maximum Gasteiger partial charge on any atom is 0.337 e. The lowest BCUT2D eigenvalue weighted by Crippen LogP contribution is -2.07.